The Hall–Kier alpha value is -0.160. The molecule has 0 aromatic rings. The van der Waals surface area contributed by atoms with E-state index < -0.39 is 0 Å². The molecule has 0 saturated carbocycles. The minimum absolute atomic E-state index is 0.0463. The van der Waals surface area contributed by atoms with Crippen molar-refractivity contribution in [3.63, 3.8) is 0 Å². The highest BCUT2D eigenvalue weighted by Crippen LogP contribution is 1.99. The van der Waals surface area contributed by atoms with Gasteiger partial charge in [-0.05, 0) is 27.7 Å². The zero-order valence-electron chi connectivity index (χ0n) is 9.78. The third-order valence-electron chi connectivity index (χ3n) is 1.20. The van der Waals surface area contributed by atoms with Crippen LogP contribution in [0.2, 0.25) is 0 Å². The molecule has 0 atom stereocenters. The second-order valence-corrected chi connectivity index (χ2v) is 2.41. The van der Waals surface area contributed by atoms with Crippen LogP contribution in [0.1, 0.15) is 27.7 Å². The summed E-state index contributed by atoms with van der Waals surface area (Å²) < 4.78 is 14.7. The van der Waals surface area contributed by atoms with Crippen molar-refractivity contribution < 1.29 is 19.3 Å². The normalized spacial score (nSPS) is 15.2. The van der Waals surface area contributed by atoms with Crippen molar-refractivity contribution in [1.29, 1.82) is 0 Å². The highest BCUT2D eigenvalue weighted by Gasteiger charge is 2.07. The molecule has 0 aliphatic carbocycles. The monoisotopic (exact) mass is 208 g/mol. The molecule has 1 heterocycles. The van der Waals surface area contributed by atoms with E-state index in [-0.39, 0.29) is 12.9 Å². The maximum absolute atomic E-state index is 7.57. The number of ether oxygens (including phenoxy) is 3. The van der Waals surface area contributed by atoms with Crippen LogP contribution in [0, 0.1) is 0 Å². The average Bonchev–Trinajstić information content (AvgIpc) is 2.60. The third-order valence-corrected chi connectivity index (χ3v) is 1.20. The molecule has 0 aromatic carbocycles. The van der Waals surface area contributed by atoms with Gasteiger partial charge in [0.1, 0.15) is 0 Å². The van der Waals surface area contributed by atoms with Gasteiger partial charge in [0, 0.05) is 19.8 Å². The Morgan fingerprint density at radius 1 is 1.14 bits per heavy atom. The standard InChI is InChI=1S/C4H8O2.C4H10O.C2H6O/c1-4-5-2-3-6-4;1-3-5-4-2;1-2-3/h4H,2-3H2,1H3;3-4H2,1-2H3;3H,2H2,1H3. The summed E-state index contributed by atoms with van der Waals surface area (Å²) in [6.45, 7) is 11.0. The highest BCUT2D eigenvalue weighted by molar-refractivity contribution is 4.40. The summed E-state index contributed by atoms with van der Waals surface area (Å²) in [6.07, 6.45) is 0.0463. The molecule has 1 fully saturated rings. The molecule has 0 bridgehead atoms. The van der Waals surface area contributed by atoms with Gasteiger partial charge in [-0.3, -0.25) is 0 Å². The predicted octanol–water partition coefficient (Wildman–Crippen LogP) is 1.42. The topological polar surface area (TPSA) is 47.9 Å². The van der Waals surface area contributed by atoms with E-state index in [4.69, 9.17) is 19.3 Å². The van der Waals surface area contributed by atoms with Crippen LogP contribution in [0.3, 0.4) is 0 Å². The van der Waals surface area contributed by atoms with Gasteiger partial charge < -0.3 is 19.3 Å². The van der Waals surface area contributed by atoms with E-state index in [1.54, 1.807) is 6.92 Å². The van der Waals surface area contributed by atoms with Gasteiger partial charge in [0.25, 0.3) is 0 Å². The van der Waals surface area contributed by atoms with Crippen molar-refractivity contribution in [2.24, 2.45) is 0 Å². The van der Waals surface area contributed by atoms with Gasteiger partial charge in [0.05, 0.1) is 13.2 Å². The Labute approximate surface area is 87.2 Å². The van der Waals surface area contributed by atoms with Crippen LogP contribution >= 0.6 is 0 Å². The Kier molecular flexibility index (Phi) is 17.8. The molecule has 0 unspecified atom stereocenters. The van der Waals surface area contributed by atoms with Crippen molar-refractivity contribution in [2.75, 3.05) is 33.0 Å². The Morgan fingerprint density at radius 2 is 1.50 bits per heavy atom. The van der Waals surface area contributed by atoms with Gasteiger partial charge in [-0.1, -0.05) is 0 Å². The highest BCUT2D eigenvalue weighted by atomic mass is 16.7. The van der Waals surface area contributed by atoms with Crippen molar-refractivity contribution in [3.8, 4) is 0 Å². The van der Waals surface area contributed by atoms with E-state index in [9.17, 15) is 0 Å². The lowest BCUT2D eigenvalue weighted by Crippen LogP contribution is -1.97. The van der Waals surface area contributed by atoms with Crippen molar-refractivity contribution in [1.82, 2.24) is 0 Å². The summed E-state index contributed by atoms with van der Waals surface area (Å²) in [5.74, 6) is 0. The van der Waals surface area contributed by atoms with E-state index in [2.05, 4.69) is 0 Å². The summed E-state index contributed by atoms with van der Waals surface area (Å²) in [5, 5.41) is 7.57. The van der Waals surface area contributed by atoms with Crippen LogP contribution < -0.4 is 0 Å². The van der Waals surface area contributed by atoms with Crippen LogP contribution in [0.4, 0.5) is 0 Å². The second-order valence-electron chi connectivity index (χ2n) is 2.41. The summed E-state index contributed by atoms with van der Waals surface area (Å²) in [4.78, 5) is 0. The van der Waals surface area contributed by atoms with Crippen molar-refractivity contribution >= 4 is 0 Å². The van der Waals surface area contributed by atoms with Crippen LogP contribution in [0.15, 0.2) is 0 Å². The smallest absolute Gasteiger partial charge is 0.155 e. The van der Waals surface area contributed by atoms with Gasteiger partial charge in [-0.2, -0.15) is 0 Å². The molecule has 4 heteroatoms. The summed E-state index contributed by atoms with van der Waals surface area (Å²) in [5.41, 5.74) is 0. The first kappa shape index (κ1) is 16.3. The number of hydrogen-bond acceptors (Lipinski definition) is 4. The molecule has 4 nitrogen and oxygen atoms in total. The van der Waals surface area contributed by atoms with Gasteiger partial charge in [-0.15, -0.1) is 0 Å². The first-order chi connectivity index (χ1) is 6.72. The SMILES string of the molecule is CC1OCCO1.CCO.CCOCC. The summed E-state index contributed by atoms with van der Waals surface area (Å²) in [6, 6.07) is 0. The predicted molar refractivity (Wildman–Crippen MR) is 56.3 cm³/mol. The van der Waals surface area contributed by atoms with Gasteiger partial charge in [0.15, 0.2) is 6.29 Å². The molecule has 1 aliphatic heterocycles. The zero-order chi connectivity index (χ0) is 11.2. The largest absolute Gasteiger partial charge is 0.397 e. The van der Waals surface area contributed by atoms with E-state index in [1.165, 1.54) is 0 Å². The van der Waals surface area contributed by atoms with Crippen molar-refractivity contribution in [3.05, 3.63) is 0 Å². The maximum atomic E-state index is 7.57. The maximum Gasteiger partial charge on any atom is 0.155 e. The fourth-order valence-electron chi connectivity index (χ4n) is 0.680. The van der Waals surface area contributed by atoms with Crippen LogP contribution in [0.5, 0.6) is 0 Å². The second kappa shape index (κ2) is 15.3. The first-order valence-corrected chi connectivity index (χ1v) is 5.14. The Bertz CT molecular complexity index is 80.2. The lowest BCUT2D eigenvalue weighted by atomic mass is 10.8. The number of aliphatic hydroxyl groups excluding tert-OH is 1. The minimum atomic E-state index is 0.0463. The quantitative estimate of drug-likeness (QED) is 0.745. The molecule has 88 valence electrons. The number of hydrogen-bond donors (Lipinski definition) is 1. The van der Waals surface area contributed by atoms with Crippen LogP contribution in [0.25, 0.3) is 0 Å². The summed E-state index contributed by atoms with van der Waals surface area (Å²) in [7, 11) is 0. The van der Waals surface area contributed by atoms with Gasteiger partial charge >= 0.3 is 0 Å². The molecule has 0 aromatic heterocycles. The molecule has 0 amide bonds. The molecule has 1 aliphatic rings. The van der Waals surface area contributed by atoms with Crippen LogP contribution in [-0.2, 0) is 14.2 Å². The van der Waals surface area contributed by atoms with Crippen molar-refractivity contribution in [2.45, 2.75) is 34.0 Å². The fraction of sp³-hybridized carbons (Fsp3) is 1.00. The molecule has 1 N–H and O–H groups in total. The molecule has 0 spiro atoms. The van der Waals surface area contributed by atoms with E-state index >= 15 is 0 Å². The van der Waals surface area contributed by atoms with E-state index in [1.807, 2.05) is 20.8 Å². The molecule has 1 rings (SSSR count). The van der Waals surface area contributed by atoms with E-state index in [0.717, 1.165) is 26.4 Å². The Balaban J connectivity index is 0. The molecule has 14 heavy (non-hydrogen) atoms. The van der Waals surface area contributed by atoms with Gasteiger partial charge in [0.2, 0.25) is 0 Å². The number of rotatable bonds is 2. The summed E-state index contributed by atoms with van der Waals surface area (Å²) >= 11 is 0. The first-order valence-electron chi connectivity index (χ1n) is 5.14. The number of aliphatic hydroxyl groups is 1. The third kappa shape index (κ3) is 17.8. The van der Waals surface area contributed by atoms with Gasteiger partial charge in [-0.25, -0.2) is 0 Å². The zero-order valence-corrected chi connectivity index (χ0v) is 9.78. The molecule has 0 radical (unpaired) electrons. The Morgan fingerprint density at radius 3 is 1.57 bits per heavy atom. The van der Waals surface area contributed by atoms with Crippen LogP contribution in [-0.4, -0.2) is 44.4 Å². The molecule has 1 saturated heterocycles. The fourth-order valence-corrected chi connectivity index (χ4v) is 0.680. The molecular weight excluding hydrogens is 184 g/mol. The lowest BCUT2D eigenvalue weighted by Gasteiger charge is -1.94. The minimum Gasteiger partial charge on any atom is -0.397 e. The lowest BCUT2D eigenvalue weighted by molar-refractivity contribution is -0.0254. The average molecular weight is 208 g/mol. The van der Waals surface area contributed by atoms with E-state index in [0.29, 0.717) is 0 Å². The molecular formula is C10H24O4.